The number of nitrogens with one attached hydrogen (secondary N) is 2. The van der Waals surface area contributed by atoms with Gasteiger partial charge >= 0.3 is 0 Å². The van der Waals surface area contributed by atoms with E-state index in [1.807, 2.05) is 7.05 Å². The molecule has 4 rings (SSSR count). The number of unbranched alkanes of at least 4 members (excludes halogenated alkanes) is 1. The molecule has 6 heteroatoms. The second kappa shape index (κ2) is 8.64. The van der Waals surface area contributed by atoms with Crippen molar-refractivity contribution < 1.29 is 9.59 Å². The molecule has 0 aromatic carbocycles. The van der Waals surface area contributed by atoms with Gasteiger partial charge in [-0.25, -0.2) is 0 Å². The minimum atomic E-state index is 0.0607. The molecule has 5 nitrogen and oxygen atoms in total. The standard InChI is InChI=1S/C25H41N3O2S/c1-5-6-15-26-23(31)27-22(30)19-9-8-17-16-7-10-20-25(3,14-12-21(29)28(20)4)18(16)11-13-24(17,19)2/h16-20H,5-15H2,1-4H3,(H2,26,27,30,31)/t16-,17-,18+,19?,20?,24-,25+/m0/s1. The fourth-order valence-corrected chi connectivity index (χ4v) is 8.41. The first-order chi connectivity index (χ1) is 14.7. The molecule has 4 fully saturated rings. The summed E-state index contributed by atoms with van der Waals surface area (Å²) in [7, 11) is 2.02. The van der Waals surface area contributed by atoms with Gasteiger partial charge in [-0.3, -0.25) is 9.59 Å². The van der Waals surface area contributed by atoms with Crippen LogP contribution >= 0.6 is 12.2 Å². The van der Waals surface area contributed by atoms with Gasteiger partial charge in [0.1, 0.15) is 0 Å². The van der Waals surface area contributed by atoms with Crippen LogP contribution in [0.2, 0.25) is 0 Å². The van der Waals surface area contributed by atoms with E-state index in [0.717, 1.165) is 51.5 Å². The van der Waals surface area contributed by atoms with Crippen molar-refractivity contribution in [3.8, 4) is 0 Å². The lowest BCUT2D eigenvalue weighted by atomic mass is 9.47. The van der Waals surface area contributed by atoms with Gasteiger partial charge in [-0.05, 0) is 92.2 Å². The van der Waals surface area contributed by atoms with Gasteiger partial charge in [-0.2, -0.15) is 0 Å². The van der Waals surface area contributed by atoms with Crippen molar-refractivity contribution in [2.75, 3.05) is 13.6 Å². The van der Waals surface area contributed by atoms with Crippen LogP contribution in [0.15, 0.2) is 0 Å². The lowest BCUT2D eigenvalue weighted by Gasteiger charge is -2.61. The van der Waals surface area contributed by atoms with E-state index in [1.54, 1.807) is 0 Å². The van der Waals surface area contributed by atoms with Crippen LogP contribution in [0.4, 0.5) is 0 Å². The number of amides is 2. The van der Waals surface area contributed by atoms with Crippen LogP contribution in [-0.2, 0) is 9.59 Å². The summed E-state index contributed by atoms with van der Waals surface area (Å²) < 4.78 is 0. The minimum absolute atomic E-state index is 0.0607. The zero-order valence-electron chi connectivity index (χ0n) is 19.8. The molecule has 3 aliphatic carbocycles. The Kier molecular flexibility index (Phi) is 6.41. The van der Waals surface area contributed by atoms with Crippen LogP contribution in [0, 0.1) is 34.5 Å². The van der Waals surface area contributed by atoms with E-state index in [1.165, 1.54) is 12.8 Å². The lowest BCUT2D eigenvalue weighted by molar-refractivity contribution is -0.159. The number of rotatable bonds is 4. The van der Waals surface area contributed by atoms with E-state index in [9.17, 15) is 9.59 Å². The largest absolute Gasteiger partial charge is 0.362 e. The summed E-state index contributed by atoms with van der Waals surface area (Å²) in [5.41, 5.74) is 0.307. The first-order valence-corrected chi connectivity index (χ1v) is 13.0. The molecule has 1 saturated heterocycles. The van der Waals surface area contributed by atoms with Crippen LogP contribution in [0.5, 0.6) is 0 Å². The molecule has 7 atom stereocenters. The Labute approximate surface area is 193 Å². The van der Waals surface area contributed by atoms with Crippen molar-refractivity contribution in [2.24, 2.45) is 34.5 Å². The van der Waals surface area contributed by atoms with Crippen molar-refractivity contribution in [3.05, 3.63) is 0 Å². The number of piperidine rings is 1. The predicted octanol–water partition coefficient (Wildman–Crippen LogP) is 4.26. The summed E-state index contributed by atoms with van der Waals surface area (Å²) in [4.78, 5) is 27.6. The van der Waals surface area contributed by atoms with E-state index in [2.05, 4.69) is 36.3 Å². The highest BCUT2D eigenvalue weighted by molar-refractivity contribution is 7.80. The molecule has 0 aromatic rings. The van der Waals surface area contributed by atoms with E-state index >= 15 is 0 Å². The number of carbonyl (C=O) groups excluding carboxylic acids is 2. The molecule has 1 aliphatic heterocycles. The van der Waals surface area contributed by atoms with Crippen molar-refractivity contribution >= 4 is 29.1 Å². The Morgan fingerprint density at radius 3 is 2.58 bits per heavy atom. The number of hydrogen-bond acceptors (Lipinski definition) is 3. The molecule has 0 spiro atoms. The predicted molar refractivity (Wildman–Crippen MR) is 127 cm³/mol. The Morgan fingerprint density at radius 2 is 1.84 bits per heavy atom. The first kappa shape index (κ1) is 23.0. The summed E-state index contributed by atoms with van der Waals surface area (Å²) in [5.74, 6) is 2.49. The van der Waals surface area contributed by atoms with Crippen molar-refractivity contribution in [1.29, 1.82) is 0 Å². The second-order valence-electron chi connectivity index (χ2n) is 11.3. The van der Waals surface area contributed by atoms with Crippen molar-refractivity contribution in [2.45, 2.75) is 91.0 Å². The van der Waals surface area contributed by atoms with E-state index in [-0.39, 0.29) is 22.7 Å². The van der Waals surface area contributed by atoms with E-state index in [0.29, 0.717) is 41.2 Å². The van der Waals surface area contributed by atoms with Crippen molar-refractivity contribution in [1.82, 2.24) is 15.5 Å². The molecule has 2 unspecified atom stereocenters. The number of hydrogen-bond donors (Lipinski definition) is 2. The highest BCUT2D eigenvalue weighted by Gasteiger charge is 2.62. The monoisotopic (exact) mass is 447 g/mol. The number of carbonyl (C=O) groups is 2. The zero-order chi connectivity index (χ0) is 22.4. The SMILES string of the molecule is CCCCNC(=S)NC(=O)C1CC[C@H]2[C@@H]3CCC4N(C)C(=O)CC[C@]4(C)[C@@H]3CC[C@]12C. The van der Waals surface area contributed by atoms with Gasteiger partial charge in [0.05, 0.1) is 0 Å². The maximum Gasteiger partial charge on any atom is 0.229 e. The van der Waals surface area contributed by atoms with Crippen LogP contribution < -0.4 is 10.6 Å². The smallest absolute Gasteiger partial charge is 0.229 e. The maximum absolute atomic E-state index is 13.2. The first-order valence-electron chi connectivity index (χ1n) is 12.6. The normalized spacial score (nSPS) is 41.7. The zero-order valence-corrected chi connectivity index (χ0v) is 20.7. The molecule has 2 amide bonds. The highest BCUT2D eigenvalue weighted by atomic mass is 32.1. The molecule has 3 saturated carbocycles. The fraction of sp³-hybridized carbons (Fsp3) is 0.880. The minimum Gasteiger partial charge on any atom is -0.362 e. The second-order valence-corrected chi connectivity index (χ2v) is 11.7. The third-order valence-electron chi connectivity index (χ3n) is 9.93. The summed E-state index contributed by atoms with van der Waals surface area (Å²) >= 11 is 5.38. The van der Waals surface area contributed by atoms with E-state index < -0.39 is 0 Å². The maximum atomic E-state index is 13.2. The molecule has 1 heterocycles. The fourth-order valence-electron chi connectivity index (χ4n) is 8.20. The number of thiocarbonyl (C=S) groups is 1. The quantitative estimate of drug-likeness (QED) is 0.499. The molecular weight excluding hydrogens is 406 g/mol. The van der Waals surface area contributed by atoms with E-state index in [4.69, 9.17) is 12.2 Å². The van der Waals surface area contributed by atoms with Gasteiger partial charge in [-0.15, -0.1) is 0 Å². The van der Waals surface area contributed by atoms with Gasteiger partial charge in [0.15, 0.2) is 5.11 Å². The van der Waals surface area contributed by atoms with Crippen LogP contribution in [0.25, 0.3) is 0 Å². The molecule has 31 heavy (non-hydrogen) atoms. The summed E-state index contributed by atoms with van der Waals surface area (Å²) in [6.45, 7) is 7.81. The molecular formula is C25H41N3O2S. The molecule has 0 bridgehead atoms. The topological polar surface area (TPSA) is 61.4 Å². The summed E-state index contributed by atoms with van der Waals surface area (Å²) in [6.07, 6.45) is 10.7. The van der Waals surface area contributed by atoms with Gasteiger partial charge < -0.3 is 15.5 Å². The van der Waals surface area contributed by atoms with Crippen molar-refractivity contribution in [3.63, 3.8) is 0 Å². The molecule has 174 valence electrons. The average molecular weight is 448 g/mol. The van der Waals surface area contributed by atoms with Crippen LogP contribution in [0.3, 0.4) is 0 Å². The van der Waals surface area contributed by atoms with Gasteiger partial charge in [0.25, 0.3) is 0 Å². The number of likely N-dealkylation sites (tertiary alicyclic amines) is 1. The van der Waals surface area contributed by atoms with Gasteiger partial charge in [0, 0.05) is 32.0 Å². The Hall–Kier alpha value is -1.17. The Bertz CT molecular complexity index is 742. The lowest BCUT2D eigenvalue weighted by Crippen LogP contribution is -2.61. The van der Waals surface area contributed by atoms with Gasteiger partial charge in [0.2, 0.25) is 11.8 Å². The number of fused-ring (bicyclic) bond motifs is 5. The average Bonchev–Trinajstić information content (AvgIpc) is 3.08. The Balaban J connectivity index is 1.46. The highest BCUT2D eigenvalue weighted by Crippen LogP contribution is 2.66. The van der Waals surface area contributed by atoms with Gasteiger partial charge in [-0.1, -0.05) is 27.2 Å². The molecule has 0 radical (unpaired) electrons. The summed E-state index contributed by atoms with van der Waals surface area (Å²) in [6, 6.07) is 0.395. The Morgan fingerprint density at radius 1 is 1.10 bits per heavy atom. The summed E-state index contributed by atoms with van der Waals surface area (Å²) in [5, 5.41) is 6.68. The van der Waals surface area contributed by atoms with Crippen LogP contribution in [0.1, 0.15) is 85.0 Å². The third-order valence-corrected chi connectivity index (χ3v) is 10.2. The number of nitrogens with zero attached hydrogens (tertiary/aromatic N) is 1. The molecule has 4 aliphatic rings. The molecule has 2 N–H and O–H groups in total. The molecule has 0 aromatic heterocycles. The van der Waals surface area contributed by atoms with Crippen LogP contribution in [-0.4, -0.2) is 41.5 Å². The third kappa shape index (κ3) is 3.81.